The molecule has 37 heavy (non-hydrogen) atoms. The molecule has 3 unspecified atom stereocenters. The van der Waals surface area contributed by atoms with Crippen molar-refractivity contribution in [2.24, 2.45) is 5.92 Å². The van der Waals surface area contributed by atoms with Crippen LogP contribution in [0.5, 0.6) is 0 Å². The maximum absolute atomic E-state index is 12.8. The average Bonchev–Trinajstić information content (AvgIpc) is 3.58. The van der Waals surface area contributed by atoms with Crippen LogP contribution >= 0.6 is 0 Å². The number of amides is 2. The van der Waals surface area contributed by atoms with Gasteiger partial charge in [-0.15, -0.1) is 0 Å². The number of hydrogen-bond acceptors (Lipinski definition) is 9. The fourth-order valence-corrected chi connectivity index (χ4v) is 3.96. The highest BCUT2D eigenvalue weighted by Gasteiger charge is 2.42. The van der Waals surface area contributed by atoms with Crippen LogP contribution in [-0.4, -0.2) is 113 Å². The van der Waals surface area contributed by atoms with Crippen molar-refractivity contribution in [1.82, 2.24) is 20.9 Å². The zero-order chi connectivity index (χ0) is 27.5. The van der Waals surface area contributed by atoms with Gasteiger partial charge >= 0.3 is 5.97 Å². The van der Waals surface area contributed by atoms with E-state index in [0.717, 1.165) is 32.5 Å². The van der Waals surface area contributed by atoms with E-state index >= 15 is 0 Å². The molecule has 0 aromatic heterocycles. The van der Waals surface area contributed by atoms with Crippen LogP contribution in [0.3, 0.4) is 0 Å². The fourth-order valence-electron chi connectivity index (χ4n) is 3.96. The predicted octanol–water partition coefficient (Wildman–Crippen LogP) is 0.709. The number of likely N-dealkylation sites (N-methyl/N-ethyl adjacent to an activating group) is 1. The molecule has 2 rings (SSSR count). The molecular formula is C26H50N4O7. The van der Waals surface area contributed by atoms with Gasteiger partial charge in [0.2, 0.25) is 11.8 Å². The lowest BCUT2D eigenvalue weighted by Crippen LogP contribution is -2.47. The van der Waals surface area contributed by atoms with Crippen molar-refractivity contribution in [3.8, 4) is 0 Å². The minimum Gasteiger partial charge on any atom is -0.459 e. The summed E-state index contributed by atoms with van der Waals surface area (Å²) in [4.78, 5) is 39.5. The second kappa shape index (κ2) is 20.2. The van der Waals surface area contributed by atoms with E-state index in [9.17, 15) is 14.4 Å². The average molecular weight is 531 g/mol. The number of ether oxygens (including phenoxy) is 4. The van der Waals surface area contributed by atoms with E-state index in [0.29, 0.717) is 33.0 Å². The molecule has 2 fully saturated rings. The van der Waals surface area contributed by atoms with E-state index < -0.39 is 12.1 Å². The molecule has 11 heteroatoms. The van der Waals surface area contributed by atoms with Crippen LogP contribution in [0.2, 0.25) is 0 Å². The summed E-state index contributed by atoms with van der Waals surface area (Å²) in [5.74, 6) is -0.573. The number of carbonyl (C=O) groups excluding carboxylic acids is 3. The minimum absolute atomic E-state index is 0.165. The largest absolute Gasteiger partial charge is 0.459 e. The van der Waals surface area contributed by atoms with Gasteiger partial charge in [0.15, 0.2) is 0 Å². The molecule has 2 heterocycles. The Morgan fingerprint density at radius 2 is 1.70 bits per heavy atom. The quantitative estimate of drug-likeness (QED) is 0.184. The second-order valence-corrected chi connectivity index (χ2v) is 9.28. The number of carbonyl (C=O) groups is 3. The number of nitrogens with zero attached hydrogens (tertiary/aromatic N) is 1. The molecule has 0 radical (unpaired) electrons. The Bertz CT molecular complexity index is 644. The zero-order valence-electron chi connectivity index (χ0n) is 23.5. The number of hydrogen-bond donors (Lipinski definition) is 3. The third kappa shape index (κ3) is 13.5. The minimum atomic E-state index is -0.685. The fraction of sp³-hybridized carbons (Fsp3) is 0.885. The highest BCUT2D eigenvalue weighted by atomic mass is 16.6. The van der Waals surface area contributed by atoms with Gasteiger partial charge in [0, 0.05) is 19.5 Å². The second-order valence-electron chi connectivity index (χ2n) is 9.28. The third-order valence-corrected chi connectivity index (χ3v) is 5.84. The van der Waals surface area contributed by atoms with E-state index in [1.807, 2.05) is 34.6 Å². The van der Waals surface area contributed by atoms with Gasteiger partial charge in [0.25, 0.3) is 0 Å². The predicted molar refractivity (Wildman–Crippen MR) is 141 cm³/mol. The molecule has 0 aromatic rings. The summed E-state index contributed by atoms with van der Waals surface area (Å²) in [5, 5.41) is 9.18. The molecule has 0 bridgehead atoms. The summed E-state index contributed by atoms with van der Waals surface area (Å²) in [6.45, 7) is 15.3. The van der Waals surface area contributed by atoms with Gasteiger partial charge in [-0.3, -0.25) is 14.4 Å². The molecular weight excluding hydrogens is 480 g/mol. The normalized spacial score (nSPS) is 21.0. The van der Waals surface area contributed by atoms with Gasteiger partial charge in [-0.25, -0.2) is 0 Å². The van der Waals surface area contributed by atoms with Crippen LogP contribution in [0.1, 0.15) is 53.9 Å². The number of nitrogens with one attached hydrogen (secondary N) is 3. The maximum Gasteiger partial charge on any atom is 0.323 e. The number of likely N-dealkylation sites (tertiary alicyclic amines) is 1. The molecule has 2 aliphatic rings. The monoisotopic (exact) mass is 530 g/mol. The summed E-state index contributed by atoms with van der Waals surface area (Å²) in [6, 6.07) is -0.996. The van der Waals surface area contributed by atoms with E-state index in [2.05, 4.69) is 16.0 Å². The Kier molecular flexibility index (Phi) is 18.2. The highest BCUT2D eigenvalue weighted by molar-refractivity contribution is 5.89. The topological polar surface area (TPSA) is 127 Å². The molecule has 0 aromatic carbocycles. The first kappa shape index (κ1) is 33.2. The zero-order valence-corrected chi connectivity index (χ0v) is 23.5. The SMILES string of the molecule is CC.CCNCCOCCOCCOCC(=O)N1CC(OC(=O)C2CCCN2)CC1C(=O)NCC(C)C. The summed E-state index contributed by atoms with van der Waals surface area (Å²) in [7, 11) is 0. The van der Waals surface area contributed by atoms with Crippen molar-refractivity contribution < 1.29 is 33.3 Å². The van der Waals surface area contributed by atoms with Crippen LogP contribution in [-0.2, 0) is 33.3 Å². The first-order valence-electron chi connectivity index (χ1n) is 13.9. The van der Waals surface area contributed by atoms with Gasteiger partial charge in [0.05, 0.1) is 39.6 Å². The van der Waals surface area contributed by atoms with E-state index in [4.69, 9.17) is 18.9 Å². The van der Waals surface area contributed by atoms with Crippen LogP contribution in [0, 0.1) is 5.92 Å². The Morgan fingerprint density at radius 1 is 1.03 bits per heavy atom. The Balaban J connectivity index is 0.00000334. The van der Waals surface area contributed by atoms with Crippen molar-refractivity contribution in [3.63, 3.8) is 0 Å². The Labute approximate surface area is 222 Å². The van der Waals surface area contributed by atoms with Crippen LogP contribution < -0.4 is 16.0 Å². The van der Waals surface area contributed by atoms with Crippen molar-refractivity contribution in [2.75, 3.05) is 72.4 Å². The molecule has 3 N–H and O–H groups in total. The summed E-state index contributed by atoms with van der Waals surface area (Å²) in [6.07, 6.45) is 1.44. The van der Waals surface area contributed by atoms with Crippen LogP contribution in [0.4, 0.5) is 0 Å². The molecule has 2 aliphatic heterocycles. The Morgan fingerprint density at radius 3 is 2.32 bits per heavy atom. The molecule has 11 nitrogen and oxygen atoms in total. The number of rotatable bonds is 17. The lowest BCUT2D eigenvalue weighted by Gasteiger charge is -2.24. The maximum atomic E-state index is 12.8. The smallest absolute Gasteiger partial charge is 0.323 e. The van der Waals surface area contributed by atoms with Crippen molar-refractivity contribution in [2.45, 2.75) is 72.1 Å². The van der Waals surface area contributed by atoms with Crippen molar-refractivity contribution in [1.29, 1.82) is 0 Å². The first-order chi connectivity index (χ1) is 17.9. The third-order valence-electron chi connectivity index (χ3n) is 5.84. The summed E-state index contributed by atoms with van der Waals surface area (Å²) < 4.78 is 22.0. The van der Waals surface area contributed by atoms with Gasteiger partial charge in [-0.05, 0) is 31.8 Å². The first-order valence-corrected chi connectivity index (χ1v) is 13.9. The summed E-state index contributed by atoms with van der Waals surface area (Å²) >= 11 is 0. The van der Waals surface area contributed by atoms with Gasteiger partial charge in [-0.2, -0.15) is 0 Å². The molecule has 216 valence electrons. The molecule has 2 saturated heterocycles. The molecule has 0 aliphatic carbocycles. The molecule has 0 saturated carbocycles. The highest BCUT2D eigenvalue weighted by Crippen LogP contribution is 2.22. The van der Waals surface area contributed by atoms with Crippen molar-refractivity contribution >= 4 is 17.8 Å². The standard InChI is InChI=1S/C24H44N4O7.C2H6/c1-4-25-8-9-32-10-11-33-12-13-34-17-22(29)28-16-19(35-24(31)20-6-5-7-26-20)14-21(28)23(30)27-15-18(2)3;1-2/h18-21,25-26H,4-17H2,1-3H3,(H,27,30);1-2H3. The van der Waals surface area contributed by atoms with Crippen LogP contribution in [0.25, 0.3) is 0 Å². The number of esters is 1. The lowest BCUT2D eigenvalue weighted by molar-refractivity contribution is -0.151. The van der Waals surface area contributed by atoms with Crippen molar-refractivity contribution in [3.05, 3.63) is 0 Å². The van der Waals surface area contributed by atoms with Gasteiger partial charge in [0.1, 0.15) is 24.8 Å². The lowest BCUT2D eigenvalue weighted by atomic mass is 10.1. The van der Waals surface area contributed by atoms with E-state index in [1.165, 1.54) is 4.90 Å². The van der Waals surface area contributed by atoms with Crippen LogP contribution in [0.15, 0.2) is 0 Å². The van der Waals surface area contributed by atoms with E-state index in [-0.39, 0.29) is 55.9 Å². The summed E-state index contributed by atoms with van der Waals surface area (Å²) in [5.41, 5.74) is 0. The molecule has 0 spiro atoms. The molecule has 3 atom stereocenters. The van der Waals surface area contributed by atoms with E-state index in [1.54, 1.807) is 0 Å². The Hall–Kier alpha value is -1.79. The van der Waals surface area contributed by atoms with Gasteiger partial charge in [-0.1, -0.05) is 34.6 Å². The molecule has 2 amide bonds. The van der Waals surface area contributed by atoms with Gasteiger partial charge < -0.3 is 39.8 Å².